The highest BCUT2D eigenvalue weighted by Gasteiger charge is 2.26. The molecular weight excluding hydrogens is 274 g/mol. The van der Waals surface area contributed by atoms with Crippen LogP contribution in [-0.2, 0) is 6.42 Å². The zero-order chi connectivity index (χ0) is 14.1. The quantitative estimate of drug-likeness (QED) is 0.695. The lowest BCUT2D eigenvalue weighted by Gasteiger charge is -2.19. The standard InChI is InChI=1S/C14H15N3O2S/c1-15-10-6-4-7-11-13(10)20-14(16-11)9-5-2-3-8-12(9)17(18)19/h2-3,5,8,10,15H,4,6-7H2,1H3. The molecule has 0 aliphatic heterocycles. The Morgan fingerprint density at radius 1 is 1.45 bits per heavy atom. The van der Waals surface area contributed by atoms with E-state index in [4.69, 9.17) is 0 Å². The monoisotopic (exact) mass is 289 g/mol. The minimum Gasteiger partial charge on any atom is -0.312 e. The largest absolute Gasteiger partial charge is 0.312 e. The molecule has 20 heavy (non-hydrogen) atoms. The van der Waals surface area contributed by atoms with E-state index in [0.29, 0.717) is 11.6 Å². The Hall–Kier alpha value is -1.79. The van der Waals surface area contributed by atoms with Crippen LogP contribution in [0.25, 0.3) is 10.6 Å². The third kappa shape index (κ3) is 2.21. The first-order valence-corrected chi connectivity index (χ1v) is 7.43. The third-order valence-corrected chi connectivity index (χ3v) is 4.87. The summed E-state index contributed by atoms with van der Waals surface area (Å²) < 4.78 is 0. The second-order valence-electron chi connectivity index (χ2n) is 4.84. The Morgan fingerprint density at radius 3 is 3.00 bits per heavy atom. The number of hydrogen-bond donors (Lipinski definition) is 1. The molecule has 0 radical (unpaired) electrons. The normalized spacial score (nSPS) is 17.8. The lowest BCUT2D eigenvalue weighted by atomic mass is 9.98. The van der Waals surface area contributed by atoms with Gasteiger partial charge in [-0.3, -0.25) is 10.1 Å². The number of aromatic nitrogens is 1. The highest BCUT2D eigenvalue weighted by molar-refractivity contribution is 7.15. The number of rotatable bonds is 3. The van der Waals surface area contributed by atoms with Crippen LogP contribution >= 0.6 is 11.3 Å². The van der Waals surface area contributed by atoms with Crippen LogP contribution < -0.4 is 5.32 Å². The molecule has 0 amide bonds. The summed E-state index contributed by atoms with van der Waals surface area (Å²) in [4.78, 5) is 16.7. The molecule has 1 aromatic heterocycles. The number of fused-ring (bicyclic) bond motifs is 1. The van der Waals surface area contributed by atoms with Crippen molar-refractivity contribution in [2.45, 2.75) is 25.3 Å². The smallest absolute Gasteiger partial charge is 0.279 e. The second kappa shape index (κ2) is 5.30. The fourth-order valence-corrected chi connectivity index (χ4v) is 3.91. The minimum atomic E-state index is -0.342. The van der Waals surface area contributed by atoms with Gasteiger partial charge in [-0.15, -0.1) is 11.3 Å². The van der Waals surface area contributed by atoms with E-state index in [1.807, 2.05) is 13.1 Å². The number of nitro benzene ring substituents is 1. The Balaban J connectivity index is 2.08. The summed E-state index contributed by atoms with van der Waals surface area (Å²) in [6.07, 6.45) is 3.17. The van der Waals surface area contributed by atoms with E-state index in [9.17, 15) is 10.1 Å². The maximum atomic E-state index is 11.1. The molecule has 6 heteroatoms. The molecule has 0 spiro atoms. The average molecular weight is 289 g/mol. The summed E-state index contributed by atoms with van der Waals surface area (Å²) in [7, 11) is 1.95. The fraction of sp³-hybridized carbons (Fsp3) is 0.357. The number of nitrogens with one attached hydrogen (secondary N) is 1. The van der Waals surface area contributed by atoms with Gasteiger partial charge in [0.2, 0.25) is 0 Å². The molecule has 1 aromatic carbocycles. The van der Waals surface area contributed by atoms with Crippen LogP contribution in [0.3, 0.4) is 0 Å². The summed E-state index contributed by atoms with van der Waals surface area (Å²) in [5, 5.41) is 15.2. The highest BCUT2D eigenvalue weighted by atomic mass is 32.1. The molecular formula is C14H15N3O2S. The van der Waals surface area contributed by atoms with E-state index in [1.54, 1.807) is 23.5 Å². The van der Waals surface area contributed by atoms with Crippen LogP contribution in [0.2, 0.25) is 0 Å². The van der Waals surface area contributed by atoms with Gasteiger partial charge in [-0.2, -0.15) is 0 Å². The molecule has 0 bridgehead atoms. The van der Waals surface area contributed by atoms with Crippen LogP contribution in [0.5, 0.6) is 0 Å². The van der Waals surface area contributed by atoms with E-state index < -0.39 is 0 Å². The number of nitrogens with zero attached hydrogens (tertiary/aromatic N) is 2. The topological polar surface area (TPSA) is 68.1 Å². The zero-order valence-electron chi connectivity index (χ0n) is 11.1. The Kier molecular flexibility index (Phi) is 3.50. The molecule has 104 valence electrons. The first-order chi connectivity index (χ1) is 9.70. The number of nitro groups is 1. The van der Waals surface area contributed by atoms with Gasteiger partial charge in [0.05, 0.1) is 16.2 Å². The molecule has 0 fully saturated rings. The molecule has 1 heterocycles. The third-order valence-electron chi connectivity index (χ3n) is 3.63. The molecule has 1 aliphatic rings. The van der Waals surface area contributed by atoms with Crippen molar-refractivity contribution >= 4 is 17.0 Å². The van der Waals surface area contributed by atoms with Crippen LogP contribution in [0.1, 0.15) is 29.5 Å². The van der Waals surface area contributed by atoms with Crippen LogP contribution in [0.15, 0.2) is 24.3 Å². The first-order valence-electron chi connectivity index (χ1n) is 6.61. The lowest BCUT2D eigenvalue weighted by molar-refractivity contribution is -0.384. The first kappa shape index (κ1) is 13.2. The Bertz CT molecular complexity index is 654. The van der Waals surface area contributed by atoms with Crippen molar-refractivity contribution in [2.75, 3.05) is 7.05 Å². The van der Waals surface area contributed by atoms with Crippen LogP contribution in [0.4, 0.5) is 5.69 Å². The van der Waals surface area contributed by atoms with Crippen molar-refractivity contribution in [1.82, 2.24) is 10.3 Å². The van der Waals surface area contributed by atoms with Crippen LogP contribution in [-0.4, -0.2) is 17.0 Å². The molecule has 1 unspecified atom stereocenters. The summed E-state index contributed by atoms with van der Waals surface area (Å²) in [5.41, 5.74) is 1.83. The number of aryl methyl sites for hydroxylation is 1. The molecule has 1 N–H and O–H groups in total. The average Bonchev–Trinajstić information content (AvgIpc) is 2.90. The Labute approximate surface area is 120 Å². The minimum absolute atomic E-state index is 0.125. The Morgan fingerprint density at radius 2 is 2.25 bits per heavy atom. The second-order valence-corrected chi connectivity index (χ2v) is 5.87. The van der Waals surface area contributed by atoms with Gasteiger partial charge in [0.25, 0.3) is 5.69 Å². The SMILES string of the molecule is CNC1CCCc2nc(-c3ccccc3[N+](=O)[O-])sc21. The van der Waals surface area contributed by atoms with Crippen LogP contribution in [0, 0.1) is 10.1 Å². The van der Waals surface area contributed by atoms with Gasteiger partial charge in [-0.25, -0.2) is 4.98 Å². The van der Waals surface area contributed by atoms with E-state index >= 15 is 0 Å². The van der Waals surface area contributed by atoms with E-state index in [0.717, 1.165) is 30.0 Å². The lowest BCUT2D eigenvalue weighted by Crippen LogP contribution is -2.19. The molecule has 5 nitrogen and oxygen atoms in total. The summed E-state index contributed by atoms with van der Waals surface area (Å²) >= 11 is 1.57. The zero-order valence-corrected chi connectivity index (χ0v) is 11.9. The van der Waals surface area contributed by atoms with Crippen molar-refractivity contribution < 1.29 is 4.92 Å². The number of benzene rings is 1. The molecule has 1 aliphatic carbocycles. The molecule has 0 saturated carbocycles. The van der Waals surface area contributed by atoms with Crippen molar-refractivity contribution in [3.8, 4) is 10.6 Å². The number of thiazole rings is 1. The van der Waals surface area contributed by atoms with E-state index in [2.05, 4.69) is 10.3 Å². The van der Waals surface area contributed by atoms with Gasteiger partial charge in [0, 0.05) is 17.0 Å². The predicted octanol–water partition coefficient (Wildman–Crippen LogP) is 3.32. The highest BCUT2D eigenvalue weighted by Crippen LogP contribution is 2.40. The van der Waals surface area contributed by atoms with Crippen molar-refractivity contribution in [3.63, 3.8) is 0 Å². The van der Waals surface area contributed by atoms with Gasteiger partial charge >= 0.3 is 0 Å². The molecule has 3 rings (SSSR count). The maximum Gasteiger partial charge on any atom is 0.279 e. The van der Waals surface area contributed by atoms with Gasteiger partial charge in [-0.05, 0) is 32.4 Å². The van der Waals surface area contributed by atoms with Crippen molar-refractivity contribution in [3.05, 3.63) is 45.0 Å². The summed E-state index contributed by atoms with van der Waals surface area (Å²) in [5.74, 6) is 0. The van der Waals surface area contributed by atoms with Crippen molar-refractivity contribution in [2.24, 2.45) is 0 Å². The number of hydrogen-bond acceptors (Lipinski definition) is 5. The maximum absolute atomic E-state index is 11.1. The van der Waals surface area contributed by atoms with Crippen molar-refractivity contribution in [1.29, 1.82) is 0 Å². The van der Waals surface area contributed by atoms with Gasteiger partial charge < -0.3 is 5.32 Å². The summed E-state index contributed by atoms with van der Waals surface area (Å²) in [6.45, 7) is 0. The van der Waals surface area contributed by atoms with Gasteiger partial charge in [0.15, 0.2) is 0 Å². The van der Waals surface area contributed by atoms with E-state index in [-0.39, 0.29) is 10.6 Å². The summed E-state index contributed by atoms with van der Waals surface area (Å²) in [6, 6.07) is 7.14. The molecule has 2 aromatic rings. The number of para-hydroxylation sites is 1. The predicted molar refractivity (Wildman–Crippen MR) is 78.9 cm³/mol. The van der Waals surface area contributed by atoms with E-state index in [1.165, 1.54) is 10.9 Å². The molecule has 1 atom stereocenters. The van der Waals surface area contributed by atoms with Gasteiger partial charge in [0.1, 0.15) is 5.01 Å². The molecule has 0 saturated heterocycles. The fourth-order valence-electron chi connectivity index (χ4n) is 2.62. The van der Waals surface area contributed by atoms with Gasteiger partial charge in [-0.1, -0.05) is 12.1 Å².